The highest BCUT2D eigenvalue weighted by Crippen LogP contribution is 2.44. The van der Waals surface area contributed by atoms with Crippen LogP contribution in [0.15, 0.2) is 48.5 Å². The quantitative estimate of drug-likeness (QED) is 0.329. The maximum Gasteiger partial charge on any atom is 0.476 e. The molecule has 0 aliphatic carbocycles. The van der Waals surface area contributed by atoms with Crippen molar-refractivity contribution in [2.24, 2.45) is 0 Å². The lowest BCUT2D eigenvalue weighted by Crippen LogP contribution is -2.22. The predicted molar refractivity (Wildman–Crippen MR) is 99.3 cm³/mol. The van der Waals surface area contributed by atoms with Crippen molar-refractivity contribution in [1.29, 1.82) is 0 Å². The summed E-state index contributed by atoms with van der Waals surface area (Å²) in [5.74, 6) is 0.0505. The van der Waals surface area contributed by atoms with Crippen LogP contribution in [0.3, 0.4) is 0 Å². The van der Waals surface area contributed by atoms with Gasteiger partial charge >= 0.3 is 7.75 Å². The van der Waals surface area contributed by atoms with Crippen LogP contribution in [0.1, 0.15) is 6.92 Å². The molecule has 2 aromatic carbocycles. The van der Waals surface area contributed by atoms with Gasteiger partial charge in [0.1, 0.15) is 5.75 Å². The number of thiazole rings is 1. The number of benzene rings is 2. The minimum Gasteiger partial charge on any atom is -0.412 e. The smallest absolute Gasteiger partial charge is 0.412 e. The van der Waals surface area contributed by atoms with E-state index < -0.39 is 12.7 Å². The molecule has 3 rings (SSSR count). The molecule has 0 radical (unpaired) electrons. The summed E-state index contributed by atoms with van der Waals surface area (Å²) in [6.45, 7) is 1.77. The summed E-state index contributed by atoms with van der Waals surface area (Å²) in [4.78, 5) is 14.6. The molecule has 0 aliphatic heterocycles. The van der Waals surface area contributed by atoms with Crippen LogP contribution in [-0.2, 0) is 9.09 Å². The number of hydrogen-bond donors (Lipinski definition) is 2. The SMILES string of the molecule is CCOP(=O)(NNc1nc2ccccc2s1)Oc1cccc([N+](=O)[O-])c1. The van der Waals surface area contributed by atoms with Crippen LogP contribution in [0.5, 0.6) is 5.75 Å². The van der Waals surface area contributed by atoms with E-state index in [1.54, 1.807) is 6.92 Å². The number of aromatic nitrogens is 1. The molecule has 0 saturated carbocycles. The van der Waals surface area contributed by atoms with Crippen molar-refractivity contribution in [1.82, 2.24) is 10.2 Å². The van der Waals surface area contributed by atoms with E-state index in [-0.39, 0.29) is 18.0 Å². The summed E-state index contributed by atoms with van der Waals surface area (Å²) in [6, 6.07) is 12.9. The molecule has 0 spiro atoms. The molecule has 0 bridgehead atoms. The molecule has 1 unspecified atom stereocenters. The maximum absolute atomic E-state index is 12.8. The van der Waals surface area contributed by atoms with E-state index in [2.05, 4.69) is 15.6 Å². The van der Waals surface area contributed by atoms with Gasteiger partial charge < -0.3 is 4.52 Å². The zero-order valence-electron chi connectivity index (χ0n) is 13.6. The zero-order valence-corrected chi connectivity index (χ0v) is 15.3. The number of nitro groups is 1. The van der Waals surface area contributed by atoms with E-state index in [0.717, 1.165) is 10.2 Å². The van der Waals surface area contributed by atoms with Gasteiger partial charge in [-0.25, -0.2) is 9.55 Å². The monoisotopic (exact) mass is 394 g/mol. The molecule has 0 saturated heterocycles. The van der Waals surface area contributed by atoms with Crippen molar-refractivity contribution in [2.45, 2.75) is 6.92 Å². The van der Waals surface area contributed by atoms with Gasteiger partial charge in [0.15, 0.2) is 5.13 Å². The summed E-state index contributed by atoms with van der Waals surface area (Å²) in [6.07, 6.45) is 0. The second-order valence-corrected chi connectivity index (χ2v) is 7.67. The molecule has 26 heavy (non-hydrogen) atoms. The molecule has 9 nitrogen and oxygen atoms in total. The number of nitrogens with zero attached hydrogens (tertiary/aromatic N) is 2. The average Bonchev–Trinajstić information content (AvgIpc) is 3.03. The Hall–Kier alpha value is -2.52. The molecule has 3 aromatic rings. The van der Waals surface area contributed by atoms with Crippen molar-refractivity contribution < 1.29 is 18.5 Å². The molecule has 1 atom stereocenters. The van der Waals surface area contributed by atoms with Crippen molar-refractivity contribution >= 4 is 40.1 Å². The summed E-state index contributed by atoms with van der Waals surface area (Å²) in [5, 5.41) is 13.8. The van der Waals surface area contributed by atoms with E-state index in [0.29, 0.717) is 5.13 Å². The normalized spacial score (nSPS) is 13.3. The Morgan fingerprint density at radius 1 is 1.27 bits per heavy atom. The second kappa shape index (κ2) is 7.79. The average molecular weight is 394 g/mol. The van der Waals surface area contributed by atoms with Gasteiger partial charge in [0.25, 0.3) is 5.69 Å². The van der Waals surface area contributed by atoms with Gasteiger partial charge in [-0.3, -0.25) is 20.1 Å². The first-order valence-corrected chi connectivity index (χ1v) is 9.92. The van der Waals surface area contributed by atoms with Crippen molar-refractivity contribution in [2.75, 3.05) is 12.0 Å². The van der Waals surface area contributed by atoms with Gasteiger partial charge in [0, 0.05) is 6.07 Å². The fourth-order valence-electron chi connectivity index (χ4n) is 2.09. The molecule has 2 N–H and O–H groups in total. The minimum absolute atomic E-state index is 0.0505. The van der Waals surface area contributed by atoms with Gasteiger partial charge in [0.05, 0.1) is 27.8 Å². The maximum atomic E-state index is 12.8. The summed E-state index contributed by atoms with van der Waals surface area (Å²) < 4.78 is 24.4. The van der Waals surface area contributed by atoms with Crippen LogP contribution >= 0.6 is 19.1 Å². The molecule has 0 fully saturated rings. The van der Waals surface area contributed by atoms with Gasteiger partial charge in [-0.1, -0.05) is 29.5 Å². The molecule has 1 heterocycles. The van der Waals surface area contributed by atoms with Crippen LogP contribution in [0.2, 0.25) is 0 Å². The van der Waals surface area contributed by atoms with E-state index in [1.165, 1.54) is 35.6 Å². The van der Waals surface area contributed by atoms with Crippen LogP contribution in [0, 0.1) is 10.1 Å². The Balaban J connectivity index is 1.75. The number of anilines is 1. The Bertz CT molecular complexity index is 946. The summed E-state index contributed by atoms with van der Waals surface area (Å²) >= 11 is 1.36. The highest BCUT2D eigenvalue weighted by molar-refractivity contribution is 7.52. The third-order valence-corrected chi connectivity index (χ3v) is 5.53. The van der Waals surface area contributed by atoms with Crippen LogP contribution in [0.4, 0.5) is 10.8 Å². The fraction of sp³-hybridized carbons (Fsp3) is 0.133. The lowest BCUT2D eigenvalue weighted by Gasteiger charge is -2.19. The topological polar surface area (TPSA) is 116 Å². The van der Waals surface area contributed by atoms with Crippen LogP contribution in [0.25, 0.3) is 10.2 Å². The third-order valence-electron chi connectivity index (χ3n) is 3.15. The number of fused-ring (bicyclic) bond motifs is 1. The second-order valence-electron chi connectivity index (χ2n) is 4.98. The van der Waals surface area contributed by atoms with E-state index in [1.807, 2.05) is 24.3 Å². The summed E-state index contributed by atoms with van der Waals surface area (Å²) in [5.41, 5.74) is 3.35. The number of rotatable bonds is 8. The lowest BCUT2D eigenvalue weighted by molar-refractivity contribution is -0.384. The predicted octanol–water partition coefficient (Wildman–Crippen LogP) is 4.34. The van der Waals surface area contributed by atoms with Gasteiger partial charge in [-0.2, -0.15) is 0 Å². The molecule has 136 valence electrons. The van der Waals surface area contributed by atoms with Crippen molar-refractivity contribution in [3.05, 3.63) is 58.6 Å². The number of nitrogens with one attached hydrogen (secondary N) is 2. The van der Waals surface area contributed by atoms with Gasteiger partial charge in [0.2, 0.25) is 0 Å². The van der Waals surface area contributed by atoms with E-state index in [4.69, 9.17) is 9.05 Å². The molecule has 1 aromatic heterocycles. The van der Waals surface area contributed by atoms with E-state index >= 15 is 0 Å². The van der Waals surface area contributed by atoms with Crippen LogP contribution in [-0.4, -0.2) is 16.5 Å². The van der Waals surface area contributed by atoms with Crippen molar-refractivity contribution in [3.63, 3.8) is 0 Å². The fourth-order valence-corrected chi connectivity index (χ4v) is 4.12. The highest BCUT2D eigenvalue weighted by Gasteiger charge is 2.27. The standard InChI is InChI=1S/C15H15N4O5PS/c1-2-23-25(22,24-12-7-5-6-11(10-12)19(20)21)18-17-15-16-13-8-3-4-9-14(13)26-15/h3-10H,2H2,1H3,(H,16,17)(H,18,22). The minimum atomic E-state index is -3.82. The number of non-ortho nitro benzene ring substituents is 1. The Kier molecular flexibility index (Phi) is 5.48. The highest BCUT2D eigenvalue weighted by atomic mass is 32.1. The number of nitro benzene ring substituents is 1. The lowest BCUT2D eigenvalue weighted by atomic mass is 10.3. The van der Waals surface area contributed by atoms with Gasteiger partial charge in [-0.05, 0) is 25.1 Å². The first-order valence-electron chi connectivity index (χ1n) is 7.56. The number of para-hydroxylation sites is 1. The van der Waals surface area contributed by atoms with Gasteiger partial charge in [-0.15, -0.1) is 5.20 Å². The number of hydrogen-bond acceptors (Lipinski definition) is 8. The molecule has 0 amide bonds. The Morgan fingerprint density at radius 3 is 2.81 bits per heavy atom. The molecular weight excluding hydrogens is 379 g/mol. The molecule has 11 heteroatoms. The number of hydrazine groups is 1. The van der Waals surface area contributed by atoms with Crippen LogP contribution < -0.4 is 15.1 Å². The summed E-state index contributed by atoms with van der Waals surface area (Å²) in [7, 11) is -3.82. The van der Waals surface area contributed by atoms with E-state index in [9.17, 15) is 14.7 Å². The van der Waals surface area contributed by atoms with Crippen molar-refractivity contribution in [3.8, 4) is 5.75 Å². The molecular formula is C15H15N4O5PS. The largest absolute Gasteiger partial charge is 0.476 e. The Morgan fingerprint density at radius 2 is 2.08 bits per heavy atom. The third kappa shape index (κ3) is 4.36. The zero-order chi connectivity index (χ0) is 18.6. The first-order chi connectivity index (χ1) is 12.5. The molecule has 0 aliphatic rings. The Labute approximate surface area is 152 Å². The first kappa shape index (κ1) is 18.3.